The highest BCUT2D eigenvalue weighted by atomic mass is 16.7. The van der Waals surface area contributed by atoms with Crippen molar-refractivity contribution in [3.8, 4) is 0 Å². The van der Waals surface area contributed by atoms with Gasteiger partial charge in [0.05, 0.1) is 60.2 Å². The summed E-state index contributed by atoms with van der Waals surface area (Å²) in [5.74, 6) is -3.93. The first-order valence-corrected chi connectivity index (χ1v) is 24.1. The van der Waals surface area contributed by atoms with Crippen molar-refractivity contribution in [3.63, 3.8) is 0 Å². The lowest BCUT2D eigenvalue weighted by molar-refractivity contribution is -0.384. The van der Waals surface area contributed by atoms with E-state index in [2.05, 4.69) is 20.6 Å². The predicted octanol–water partition coefficient (Wildman–Crippen LogP) is 2.09. The van der Waals surface area contributed by atoms with Crippen LogP contribution in [0.2, 0.25) is 0 Å². The summed E-state index contributed by atoms with van der Waals surface area (Å²) in [6.07, 6.45) is -11.0. The number of non-ortho nitro benzene ring substituents is 1. The number of aromatic amines is 1. The van der Waals surface area contributed by atoms with Crippen LogP contribution < -0.4 is 5.32 Å². The number of carboxylic acid groups (broad SMARTS) is 1. The van der Waals surface area contributed by atoms with Crippen molar-refractivity contribution in [3.05, 3.63) is 87.9 Å². The van der Waals surface area contributed by atoms with Crippen LogP contribution in [0.3, 0.4) is 0 Å². The van der Waals surface area contributed by atoms with Gasteiger partial charge in [-0.15, -0.1) is 5.10 Å². The Kier molecular flexibility index (Phi) is 16.8. The number of carboxylic acids is 1. The number of carbonyl (C=O) groups excluding carboxylic acids is 2. The molecule has 2 aliphatic carbocycles. The number of benzene rings is 2. The zero-order valence-corrected chi connectivity index (χ0v) is 39.3. The van der Waals surface area contributed by atoms with Gasteiger partial charge in [0.15, 0.2) is 24.8 Å². The third-order valence-corrected chi connectivity index (χ3v) is 14.1. The molecule has 0 bridgehead atoms. The molecular weight excluding hydrogens is 933 g/mol. The molecule has 1 amide bonds. The van der Waals surface area contributed by atoms with Gasteiger partial charge in [0, 0.05) is 29.6 Å². The SMILES string of the molecule is C[C@@H]1O[C@@H](O[C@@H]2[C@@H](C)C[C@@H](C(=O)NCc3cn(Cc4c[nH]c5cc([N+](=O)[O-])ccc45)nn3)C[C@H]2O[C@@H]2O[C@H](CO)[C@H](O)[C@H](O[C@@H](CC3CCCCC3)C(=O)O)[C@H]2OC(=O)c2ccccc2)[C@@H](O)[C@H](O)[C@@H]1O. The summed E-state index contributed by atoms with van der Waals surface area (Å²) in [7, 11) is 0. The van der Waals surface area contributed by atoms with E-state index in [0.29, 0.717) is 11.2 Å². The number of nitro benzene ring substituents is 1. The molecule has 386 valence electrons. The highest BCUT2D eigenvalue weighted by molar-refractivity contribution is 5.89. The molecular formula is C48H62N6O17. The lowest BCUT2D eigenvalue weighted by Gasteiger charge is -2.48. The summed E-state index contributed by atoms with van der Waals surface area (Å²) in [6.45, 7) is 2.72. The maximum absolute atomic E-state index is 14.1. The van der Waals surface area contributed by atoms with E-state index in [9.17, 15) is 55.1 Å². The minimum absolute atomic E-state index is 0.0179. The number of hydrogen-bond acceptors (Lipinski definition) is 18. The van der Waals surface area contributed by atoms with Crippen LogP contribution in [0.15, 0.2) is 60.9 Å². The van der Waals surface area contributed by atoms with Crippen molar-refractivity contribution in [1.82, 2.24) is 25.3 Å². The van der Waals surface area contributed by atoms with Crippen LogP contribution in [0.25, 0.3) is 10.9 Å². The van der Waals surface area contributed by atoms with Crippen LogP contribution in [0.1, 0.15) is 86.8 Å². The number of esters is 1. The minimum Gasteiger partial charge on any atom is -0.479 e. The smallest absolute Gasteiger partial charge is 0.338 e. The summed E-state index contributed by atoms with van der Waals surface area (Å²) in [5, 5.41) is 88.2. The zero-order valence-electron chi connectivity index (χ0n) is 39.3. The zero-order chi connectivity index (χ0) is 50.5. The molecule has 2 aromatic heterocycles. The average molecular weight is 995 g/mol. The number of aliphatic hydroxyl groups is 5. The third-order valence-electron chi connectivity index (χ3n) is 14.1. The van der Waals surface area contributed by atoms with Crippen LogP contribution in [0.4, 0.5) is 5.69 Å². The number of nitrogens with one attached hydrogen (secondary N) is 2. The van der Waals surface area contributed by atoms with Gasteiger partial charge in [0.25, 0.3) is 5.69 Å². The van der Waals surface area contributed by atoms with E-state index in [1.807, 2.05) is 0 Å². The number of amides is 1. The van der Waals surface area contributed by atoms with E-state index in [1.54, 1.807) is 48.3 Å². The summed E-state index contributed by atoms with van der Waals surface area (Å²) < 4.78 is 38.9. The first kappa shape index (κ1) is 51.9. The fourth-order valence-corrected chi connectivity index (χ4v) is 10.2. The summed E-state index contributed by atoms with van der Waals surface area (Å²) >= 11 is 0. The second-order valence-electron chi connectivity index (χ2n) is 19.1. The Labute approximate surface area is 407 Å². The van der Waals surface area contributed by atoms with Crippen molar-refractivity contribution in [2.45, 2.75) is 158 Å². The number of fused-ring (bicyclic) bond motifs is 1. The Morgan fingerprint density at radius 3 is 2.41 bits per heavy atom. The predicted molar refractivity (Wildman–Crippen MR) is 245 cm³/mol. The molecule has 2 saturated heterocycles. The Morgan fingerprint density at radius 2 is 1.69 bits per heavy atom. The molecule has 8 N–H and O–H groups in total. The monoisotopic (exact) mass is 994 g/mol. The van der Waals surface area contributed by atoms with E-state index >= 15 is 0 Å². The molecule has 4 fully saturated rings. The van der Waals surface area contributed by atoms with Gasteiger partial charge >= 0.3 is 11.9 Å². The maximum Gasteiger partial charge on any atom is 0.338 e. The van der Waals surface area contributed by atoms with Crippen LogP contribution in [-0.2, 0) is 51.1 Å². The second-order valence-corrected chi connectivity index (χ2v) is 19.1. The van der Waals surface area contributed by atoms with Gasteiger partial charge in [-0.2, -0.15) is 0 Å². The number of H-pyrrole nitrogens is 1. The quantitative estimate of drug-likeness (QED) is 0.0402. The highest BCUT2D eigenvalue weighted by Crippen LogP contribution is 2.39. The number of rotatable bonds is 18. The highest BCUT2D eigenvalue weighted by Gasteiger charge is 2.54. The number of nitro groups is 1. The molecule has 0 unspecified atom stereocenters. The molecule has 4 heterocycles. The second kappa shape index (κ2) is 22.9. The lowest BCUT2D eigenvalue weighted by Crippen LogP contribution is -2.64. The molecule has 23 nitrogen and oxygen atoms in total. The van der Waals surface area contributed by atoms with Gasteiger partial charge in [0.1, 0.15) is 42.3 Å². The summed E-state index contributed by atoms with van der Waals surface area (Å²) in [6, 6.07) is 12.4. The lowest BCUT2D eigenvalue weighted by atomic mass is 9.77. The largest absolute Gasteiger partial charge is 0.479 e. The molecule has 4 aromatic rings. The number of ether oxygens (including phenoxy) is 6. The molecule has 2 saturated carbocycles. The molecule has 8 rings (SSSR count). The minimum atomic E-state index is -1.72. The number of hydrogen-bond donors (Lipinski definition) is 8. The van der Waals surface area contributed by atoms with Gasteiger partial charge in [-0.1, -0.05) is 62.4 Å². The molecule has 0 radical (unpaired) electrons. The summed E-state index contributed by atoms with van der Waals surface area (Å²) in [4.78, 5) is 54.6. The number of aromatic nitrogens is 4. The van der Waals surface area contributed by atoms with Gasteiger partial charge in [-0.05, 0) is 61.8 Å². The van der Waals surface area contributed by atoms with Gasteiger partial charge < -0.3 is 69.4 Å². The number of aliphatic hydroxyl groups excluding tert-OH is 5. The Balaban J connectivity index is 1.04. The molecule has 4 aliphatic rings. The molecule has 2 aromatic carbocycles. The van der Waals surface area contributed by atoms with Crippen LogP contribution in [0, 0.1) is 27.9 Å². The Bertz CT molecular complexity index is 2450. The summed E-state index contributed by atoms with van der Waals surface area (Å²) in [5.41, 5.74) is 1.87. The van der Waals surface area contributed by atoms with Crippen molar-refractivity contribution >= 4 is 34.4 Å². The van der Waals surface area contributed by atoms with Crippen molar-refractivity contribution in [1.29, 1.82) is 0 Å². The van der Waals surface area contributed by atoms with Crippen molar-refractivity contribution in [2.75, 3.05) is 6.61 Å². The standard InChI is InChI=1S/C48H62N6O17/c1-24-15-28(44(60)50-20-30-22-53(52-51-30)21-29-19-49-33-18-31(54(64)65)13-14-32(29)33)17-34(41(24)71-47-40(59)39(58)37(56)25(2)66-47)68-48-43(70-46(63)27-11-7-4-8-12-27)42(38(57)36(23-55)69-48)67-35(45(61)62)16-26-9-5-3-6-10-26/h4,7-8,11-14,18-19,22,24-26,28,34-43,47-49,55-59H,3,5-6,9-10,15-17,20-21,23H2,1-2H3,(H,50,60)(H,61,62)/t24-,25-,28+,34+,35-,36+,37+,38-,39+,40-,41+,42-,43+,47-,48+/m0/s1. The molecule has 0 spiro atoms. The average Bonchev–Trinajstić information content (AvgIpc) is 4.00. The topological polar surface area (TPSA) is 330 Å². The molecule has 2 aliphatic heterocycles. The number of aliphatic carboxylic acids is 1. The van der Waals surface area contributed by atoms with Crippen molar-refractivity contribution in [2.24, 2.45) is 17.8 Å². The first-order chi connectivity index (χ1) is 34.1. The number of carbonyl (C=O) groups is 3. The molecule has 23 heteroatoms. The van der Waals surface area contributed by atoms with E-state index in [1.165, 1.54) is 31.2 Å². The van der Waals surface area contributed by atoms with Crippen LogP contribution >= 0.6 is 0 Å². The van der Waals surface area contributed by atoms with Gasteiger partial charge in [-0.25, -0.2) is 14.3 Å². The normalized spacial score (nSPS) is 32.0. The van der Waals surface area contributed by atoms with Gasteiger partial charge in [-0.3, -0.25) is 14.9 Å². The maximum atomic E-state index is 14.1. The van der Waals surface area contributed by atoms with E-state index in [0.717, 1.165) is 43.1 Å². The fourth-order valence-electron chi connectivity index (χ4n) is 10.2. The van der Waals surface area contributed by atoms with Crippen LogP contribution in [-0.4, -0.2) is 160 Å². The van der Waals surface area contributed by atoms with Crippen molar-refractivity contribution < 1.29 is 78.4 Å². The molecule has 15 atom stereocenters. The fraction of sp³-hybridized carbons (Fsp3) is 0.604. The Morgan fingerprint density at radius 1 is 0.930 bits per heavy atom. The Hall–Kier alpha value is -5.47. The van der Waals surface area contributed by atoms with E-state index < -0.39 is 121 Å². The van der Waals surface area contributed by atoms with Gasteiger partial charge in [0.2, 0.25) is 5.91 Å². The number of nitrogens with zero attached hydrogens (tertiary/aromatic N) is 4. The van der Waals surface area contributed by atoms with E-state index in [-0.39, 0.29) is 49.5 Å². The first-order valence-electron chi connectivity index (χ1n) is 24.1. The van der Waals surface area contributed by atoms with Crippen LogP contribution in [0.5, 0.6) is 0 Å². The van der Waals surface area contributed by atoms with E-state index in [4.69, 9.17) is 28.4 Å². The third kappa shape index (κ3) is 12.1. The molecule has 71 heavy (non-hydrogen) atoms.